The molecule has 0 fully saturated rings. The number of anilines is 1. The van der Waals surface area contributed by atoms with E-state index in [4.69, 9.17) is 11.0 Å². The van der Waals surface area contributed by atoms with Gasteiger partial charge in [0.15, 0.2) is 17.2 Å². The van der Waals surface area contributed by atoms with Gasteiger partial charge in [-0.05, 0) is 12.1 Å². The van der Waals surface area contributed by atoms with Crippen LogP contribution in [0.5, 0.6) is 0 Å². The van der Waals surface area contributed by atoms with Crippen LogP contribution in [0.3, 0.4) is 0 Å². The van der Waals surface area contributed by atoms with Crippen molar-refractivity contribution in [3.05, 3.63) is 47.9 Å². The zero-order chi connectivity index (χ0) is 20.3. The minimum atomic E-state index is -0.590. The summed E-state index contributed by atoms with van der Waals surface area (Å²) in [6.07, 6.45) is 1.41. The summed E-state index contributed by atoms with van der Waals surface area (Å²) in [5.74, 6) is 0.0201. The largest absolute Gasteiger partial charge is 0.382 e. The van der Waals surface area contributed by atoms with E-state index in [0.29, 0.717) is 0 Å². The van der Waals surface area contributed by atoms with Crippen LogP contribution >= 0.6 is 0 Å². The summed E-state index contributed by atoms with van der Waals surface area (Å²) in [5, 5.41) is 30.5. The number of benzene rings is 1. The molecule has 0 aliphatic heterocycles. The molecule has 0 radical (unpaired) electrons. The summed E-state index contributed by atoms with van der Waals surface area (Å²) in [7, 11) is 3.00. The Bertz CT molecular complexity index is 1140. The van der Waals surface area contributed by atoms with E-state index in [2.05, 4.69) is 20.3 Å². The Morgan fingerprint density at radius 1 is 1.18 bits per heavy atom. The maximum absolute atomic E-state index is 12.4. The number of nitrogens with zero attached hydrogens (tertiary/aromatic N) is 9. The van der Waals surface area contributed by atoms with Crippen molar-refractivity contribution >= 4 is 23.5 Å². The van der Waals surface area contributed by atoms with Crippen LogP contribution in [0.2, 0.25) is 0 Å². The fraction of sp³-hybridized carbons (Fsp3) is 0.118. The normalized spacial score (nSPS) is 10.6. The summed E-state index contributed by atoms with van der Waals surface area (Å²) in [6.45, 7) is 0. The Morgan fingerprint density at radius 3 is 2.50 bits per heavy atom. The molecule has 11 heteroatoms. The van der Waals surface area contributed by atoms with Gasteiger partial charge in [-0.1, -0.05) is 18.2 Å². The second kappa shape index (κ2) is 7.39. The van der Waals surface area contributed by atoms with Crippen LogP contribution in [0.25, 0.3) is 5.69 Å². The Labute approximate surface area is 159 Å². The summed E-state index contributed by atoms with van der Waals surface area (Å²) in [4.78, 5) is 17.5. The minimum Gasteiger partial charge on any atom is -0.382 e. The van der Waals surface area contributed by atoms with Crippen LogP contribution in [-0.2, 0) is 0 Å². The van der Waals surface area contributed by atoms with Gasteiger partial charge < -0.3 is 10.6 Å². The Kier molecular flexibility index (Phi) is 4.83. The van der Waals surface area contributed by atoms with Gasteiger partial charge in [-0.15, -0.1) is 10.2 Å². The zero-order valence-electron chi connectivity index (χ0n) is 15.0. The Morgan fingerprint density at radius 2 is 1.89 bits per heavy atom. The van der Waals surface area contributed by atoms with Crippen LogP contribution in [0.1, 0.15) is 11.4 Å². The number of nitrogens with two attached hydrogens (primary N) is 1. The van der Waals surface area contributed by atoms with E-state index in [1.165, 1.54) is 29.9 Å². The number of imidazole rings is 1. The third-order valence-electron chi connectivity index (χ3n) is 3.68. The van der Waals surface area contributed by atoms with Crippen molar-refractivity contribution in [3.8, 4) is 17.8 Å². The molecule has 28 heavy (non-hydrogen) atoms. The van der Waals surface area contributed by atoms with Crippen LogP contribution in [-0.4, -0.2) is 44.4 Å². The van der Waals surface area contributed by atoms with E-state index in [-0.39, 0.29) is 28.8 Å². The highest BCUT2D eigenvalue weighted by Crippen LogP contribution is 2.27. The lowest BCUT2D eigenvalue weighted by molar-refractivity contribution is 0.219. The van der Waals surface area contributed by atoms with Gasteiger partial charge in [-0.2, -0.15) is 20.6 Å². The monoisotopic (exact) mass is 374 g/mol. The number of hydrogen-bond donors (Lipinski definition) is 1. The molecule has 1 aromatic carbocycles. The standard InChI is InChI=1S/C17H14N10O/c1-25(2)17(28)26-14(9-19)12(8-18)22-16(26)24-23-13-10-21-27(15(13)20)11-6-4-3-5-7-11/h3-7,10H,20H2,1-2H3/b24-23+. The van der Waals surface area contributed by atoms with Crippen molar-refractivity contribution in [2.45, 2.75) is 0 Å². The molecule has 0 aliphatic rings. The molecule has 0 unspecified atom stereocenters. The van der Waals surface area contributed by atoms with Gasteiger partial charge in [0.05, 0.1) is 11.9 Å². The quantitative estimate of drug-likeness (QED) is 0.694. The molecule has 3 rings (SSSR count). The number of amides is 1. The van der Waals surface area contributed by atoms with Gasteiger partial charge in [-0.25, -0.2) is 14.0 Å². The van der Waals surface area contributed by atoms with Gasteiger partial charge in [-0.3, -0.25) is 0 Å². The molecule has 0 atom stereocenters. The van der Waals surface area contributed by atoms with E-state index in [1.54, 1.807) is 12.1 Å². The van der Waals surface area contributed by atoms with Crippen molar-refractivity contribution in [2.24, 2.45) is 10.2 Å². The molecule has 2 heterocycles. The summed E-state index contributed by atoms with van der Waals surface area (Å²) >= 11 is 0. The van der Waals surface area contributed by atoms with Gasteiger partial charge >= 0.3 is 6.03 Å². The van der Waals surface area contributed by atoms with E-state index >= 15 is 0 Å². The summed E-state index contributed by atoms with van der Waals surface area (Å²) < 4.78 is 2.40. The second-order valence-corrected chi connectivity index (χ2v) is 5.71. The molecule has 0 spiro atoms. The van der Waals surface area contributed by atoms with Crippen molar-refractivity contribution in [1.29, 1.82) is 10.5 Å². The number of hydrogen-bond acceptors (Lipinski definition) is 8. The van der Waals surface area contributed by atoms with Crippen molar-refractivity contribution in [3.63, 3.8) is 0 Å². The molecule has 138 valence electrons. The molecule has 0 saturated carbocycles. The molecule has 1 amide bonds. The van der Waals surface area contributed by atoms with E-state index in [9.17, 15) is 10.1 Å². The average Bonchev–Trinajstić information content (AvgIpc) is 3.25. The third-order valence-corrected chi connectivity index (χ3v) is 3.68. The number of rotatable bonds is 3. The number of azo groups is 1. The minimum absolute atomic E-state index is 0.210. The van der Waals surface area contributed by atoms with Crippen LogP contribution in [0.4, 0.5) is 22.2 Å². The van der Waals surface area contributed by atoms with Crippen molar-refractivity contribution in [2.75, 3.05) is 19.8 Å². The van der Waals surface area contributed by atoms with Crippen molar-refractivity contribution < 1.29 is 4.79 Å². The number of aromatic nitrogens is 4. The molecule has 2 aromatic heterocycles. The zero-order valence-corrected chi connectivity index (χ0v) is 15.0. The molecule has 11 nitrogen and oxygen atoms in total. The number of nitrogen functional groups attached to an aromatic ring is 1. The smallest absolute Gasteiger partial charge is 0.331 e. The maximum Gasteiger partial charge on any atom is 0.331 e. The van der Waals surface area contributed by atoms with E-state index in [0.717, 1.165) is 10.3 Å². The first-order valence-corrected chi connectivity index (χ1v) is 7.93. The molecule has 0 bridgehead atoms. The molecule has 0 aliphatic carbocycles. The number of para-hydroxylation sites is 1. The van der Waals surface area contributed by atoms with Gasteiger partial charge in [0, 0.05) is 14.1 Å². The first-order chi connectivity index (χ1) is 13.5. The lowest BCUT2D eigenvalue weighted by Crippen LogP contribution is -2.28. The molecular weight excluding hydrogens is 360 g/mol. The fourth-order valence-corrected chi connectivity index (χ4v) is 2.34. The topological polar surface area (TPSA) is 154 Å². The predicted octanol–water partition coefficient (Wildman–Crippen LogP) is 2.34. The average molecular weight is 374 g/mol. The van der Waals surface area contributed by atoms with Crippen LogP contribution in [0, 0.1) is 22.7 Å². The highest BCUT2D eigenvalue weighted by molar-refractivity contribution is 5.81. The SMILES string of the molecule is CN(C)C(=O)n1c(/N=N/c2cnn(-c3ccccc3)c2N)nc(C#N)c1C#N. The number of carbonyl (C=O) groups is 1. The first-order valence-electron chi connectivity index (χ1n) is 7.93. The van der Waals surface area contributed by atoms with Crippen LogP contribution < -0.4 is 5.73 Å². The predicted molar refractivity (Wildman–Crippen MR) is 98.3 cm³/mol. The third kappa shape index (κ3) is 3.15. The first kappa shape index (κ1) is 18.3. The summed E-state index contributed by atoms with van der Waals surface area (Å²) in [5.41, 5.74) is 6.61. The van der Waals surface area contributed by atoms with Gasteiger partial charge in [0.25, 0.3) is 5.95 Å². The highest BCUT2D eigenvalue weighted by Gasteiger charge is 2.23. The second-order valence-electron chi connectivity index (χ2n) is 5.71. The number of nitriles is 2. The van der Waals surface area contributed by atoms with Crippen molar-refractivity contribution in [1.82, 2.24) is 24.2 Å². The lowest BCUT2D eigenvalue weighted by atomic mass is 10.3. The van der Waals surface area contributed by atoms with E-state index < -0.39 is 6.03 Å². The summed E-state index contributed by atoms with van der Waals surface area (Å²) in [6, 6.07) is 12.2. The highest BCUT2D eigenvalue weighted by atomic mass is 16.2. The Hall–Kier alpha value is -4.51. The van der Waals surface area contributed by atoms with Crippen LogP contribution in [0.15, 0.2) is 46.8 Å². The molecule has 2 N–H and O–H groups in total. The van der Waals surface area contributed by atoms with E-state index in [1.807, 2.05) is 30.3 Å². The molecule has 0 saturated heterocycles. The van der Waals surface area contributed by atoms with Gasteiger partial charge in [0.1, 0.15) is 17.8 Å². The van der Waals surface area contributed by atoms with Gasteiger partial charge in [0.2, 0.25) is 0 Å². The molecule has 3 aromatic rings. The number of carbonyl (C=O) groups excluding carboxylic acids is 1. The lowest BCUT2D eigenvalue weighted by Gasteiger charge is -2.11. The molecular formula is C17H14N10O. The maximum atomic E-state index is 12.4. The fourth-order valence-electron chi connectivity index (χ4n) is 2.34. The Balaban J connectivity index is 2.03.